The van der Waals surface area contributed by atoms with Crippen molar-refractivity contribution in [1.82, 2.24) is 10.3 Å². The van der Waals surface area contributed by atoms with Gasteiger partial charge in [-0.2, -0.15) is 0 Å². The van der Waals surface area contributed by atoms with E-state index < -0.39 is 10.0 Å². The highest BCUT2D eigenvalue weighted by molar-refractivity contribution is 7.99. The van der Waals surface area contributed by atoms with Gasteiger partial charge in [-0.15, -0.1) is 6.58 Å². The van der Waals surface area contributed by atoms with Crippen LogP contribution < -0.4 is 10.0 Å². The van der Waals surface area contributed by atoms with Crippen molar-refractivity contribution in [3.63, 3.8) is 0 Å². The first-order valence-corrected chi connectivity index (χ1v) is 12.2. The number of sulfonamides is 1. The van der Waals surface area contributed by atoms with Gasteiger partial charge < -0.3 is 5.32 Å². The molecule has 0 unspecified atom stereocenters. The number of amides is 1. The molecule has 0 bridgehead atoms. The summed E-state index contributed by atoms with van der Waals surface area (Å²) in [5, 5.41) is 3.43. The summed E-state index contributed by atoms with van der Waals surface area (Å²) in [6.45, 7) is 9.62. The topological polar surface area (TPSA) is 88.2 Å². The van der Waals surface area contributed by atoms with Crippen molar-refractivity contribution in [1.29, 1.82) is 0 Å². The van der Waals surface area contributed by atoms with Crippen LogP contribution in [0.25, 0.3) is 0 Å². The highest BCUT2D eigenvalue weighted by Gasteiger charge is 2.18. The van der Waals surface area contributed by atoms with E-state index in [0.29, 0.717) is 23.4 Å². The Balaban J connectivity index is 1.68. The number of hydrogen-bond donors (Lipinski definition) is 2. The van der Waals surface area contributed by atoms with Crippen LogP contribution >= 0.6 is 11.8 Å². The molecule has 1 amide bonds. The lowest BCUT2D eigenvalue weighted by Gasteiger charge is -2.13. The summed E-state index contributed by atoms with van der Waals surface area (Å²) in [6.07, 6.45) is 3.14. The minimum atomic E-state index is -3.69. The molecule has 6 nitrogen and oxygen atoms in total. The van der Waals surface area contributed by atoms with Crippen molar-refractivity contribution in [2.24, 2.45) is 0 Å². The zero-order valence-corrected chi connectivity index (χ0v) is 19.8. The Bertz CT molecular complexity index is 1240. The molecule has 0 atom stereocenters. The molecule has 3 rings (SSSR count). The van der Waals surface area contributed by atoms with Gasteiger partial charge in [-0.25, -0.2) is 13.4 Å². The summed E-state index contributed by atoms with van der Waals surface area (Å²) in [7, 11) is -3.69. The Labute approximate surface area is 193 Å². The van der Waals surface area contributed by atoms with E-state index >= 15 is 0 Å². The van der Waals surface area contributed by atoms with Gasteiger partial charge in [-0.1, -0.05) is 23.9 Å². The van der Waals surface area contributed by atoms with Gasteiger partial charge >= 0.3 is 0 Å². The Morgan fingerprint density at radius 1 is 1.03 bits per heavy atom. The van der Waals surface area contributed by atoms with Crippen molar-refractivity contribution in [3.8, 4) is 0 Å². The third-order valence-corrected chi connectivity index (χ3v) is 7.30. The van der Waals surface area contributed by atoms with E-state index in [2.05, 4.69) is 21.6 Å². The molecule has 0 saturated carbocycles. The van der Waals surface area contributed by atoms with Gasteiger partial charge in [-0.05, 0) is 79.9 Å². The summed E-state index contributed by atoms with van der Waals surface area (Å²) < 4.78 is 28.3. The monoisotopic (exact) mass is 467 g/mol. The van der Waals surface area contributed by atoms with Crippen LogP contribution in [0.4, 0.5) is 5.69 Å². The molecule has 1 heterocycles. The summed E-state index contributed by atoms with van der Waals surface area (Å²) >= 11 is 1.42. The van der Waals surface area contributed by atoms with Gasteiger partial charge in [0, 0.05) is 23.3 Å². The Kier molecular flexibility index (Phi) is 7.37. The largest absolute Gasteiger partial charge is 0.349 e. The summed E-state index contributed by atoms with van der Waals surface area (Å²) in [5.41, 5.74) is 3.65. The number of hydrogen-bond acceptors (Lipinski definition) is 5. The van der Waals surface area contributed by atoms with Crippen LogP contribution in [-0.2, 0) is 10.0 Å². The molecule has 8 heteroatoms. The first-order chi connectivity index (χ1) is 15.2. The minimum absolute atomic E-state index is 0.204. The number of carbonyl (C=O) groups excluding carboxylic acids is 1. The molecule has 0 aliphatic heterocycles. The van der Waals surface area contributed by atoms with Crippen molar-refractivity contribution in [3.05, 3.63) is 89.6 Å². The Morgan fingerprint density at radius 3 is 2.34 bits per heavy atom. The molecule has 0 aliphatic rings. The third kappa shape index (κ3) is 5.77. The van der Waals surface area contributed by atoms with Crippen LogP contribution in [0.1, 0.15) is 27.0 Å². The van der Waals surface area contributed by atoms with E-state index in [9.17, 15) is 13.2 Å². The fourth-order valence-electron chi connectivity index (χ4n) is 2.99. The summed E-state index contributed by atoms with van der Waals surface area (Å²) in [5.74, 6) is -0.204. The zero-order chi connectivity index (χ0) is 23.3. The first-order valence-electron chi connectivity index (χ1n) is 9.93. The highest BCUT2D eigenvalue weighted by atomic mass is 32.2. The van der Waals surface area contributed by atoms with Gasteiger partial charge in [0.25, 0.3) is 15.9 Å². The van der Waals surface area contributed by atoms with E-state index in [1.165, 1.54) is 18.0 Å². The molecule has 0 saturated heterocycles. The Morgan fingerprint density at radius 2 is 1.72 bits per heavy atom. The number of rotatable bonds is 8. The number of aromatic nitrogens is 1. The molecular weight excluding hydrogens is 442 g/mol. The van der Waals surface area contributed by atoms with Crippen LogP contribution in [0.5, 0.6) is 0 Å². The average molecular weight is 468 g/mol. The normalized spacial score (nSPS) is 11.1. The van der Waals surface area contributed by atoms with Crippen LogP contribution in [0.15, 0.2) is 82.2 Å². The molecule has 0 radical (unpaired) electrons. The van der Waals surface area contributed by atoms with Crippen LogP contribution in [0.2, 0.25) is 0 Å². The van der Waals surface area contributed by atoms with Crippen molar-refractivity contribution < 1.29 is 13.2 Å². The molecular formula is C24H25N3O3S2. The maximum atomic E-state index is 12.9. The average Bonchev–Trinajstić information content (AvgIpc) is 2.76. The zero-order valence-electron chi connectivity index (χ0n) is 18.2. The van der Waals surface area contributed by atoms with E-state index in [-0.39, 0.29) is 10.8 Å². The number of pyridine rings is 1. The van der Waals surface area contributed by atoms with E-state index in [1.807, 2.05) is 32.0 Å². The number of benzene rings is 2. The lowest BCUT2D eigenvalue weighted by atomic mass is 10.1. The van der Waals surface area contributed by atoms with Crippen molar-refractivity contribution in [2.45, 2.75) is 35.6 Å². The molecule has 2 N–H and O–H groups in total. The molecule has 0 spiro atoms. The van der Waals surface area contributed by atoms with Gasteiger partial charge in [0.15, 0.2) is 0 Å². The van der Waals surface area contributed by atoms with Crippen LogP contribution in [-0.4, -0.2) is 25.9 Å². The lowest BCUT2D eigenvalue weighted by molar-refractivity contribution is 0.0957. The van der Waals surface area contributed by atoms with E-state index in [4.69, 9.17) is 0 Å². The molecule has 0 aliphatic carbocycles. The lowest BCUT2D eigenvalue weighted by Crippen LogP contribution is -2.23. The van der Waals surface area contributed by atoms with E-state index in [1.54, 1.807) is 43.3 Å². The standard InChI is InChI=1S/C24H25N3O3S2/c1-5-12-25-24(28)19-6-11-23(26-15-19)31-21-9-7-20(8-10-21)27-32(29,30)22-14-17(3)16(2)13-18(22)4/h5-11,13-15,27H,1,12H2,2-4H3,(H,25,28). The van der Waals surface area contributed by atoms with Gasteiger partial charge in [-0.3, -0.25) is 9.52 Å². The third-order valence-electron chi connectivity index (χ3n) is 4.82. The molecule has 32 heavy (non-hydrogen) atoms. The molecule has 2 aromatic carbocycles. The van der Waals surface area contributed by atoms with Gasteiger partial charge in [0.2, 0.25) is 0 Å². The second-order valence-electron chi connectivity index (χ2n) is 7.32. The number of carbonyl (C=O) groups is 1. The number of nitrogens with one attached hydrogen (secondary N) is 2. The predicted octanol–water partition coefficient (Wildman–Crippen LogP) is 4.87. The molecule has 166 valence electrons. The minimum Gasteiger partial charge on any atom is -0.349 e. The summed E-state index contributed by atoms with van der Waals surface area (Å²) in [4.78, 5) is 17.4. The number of aryl methyl sites for hydroxylation is 3. The van der Waals surface area contributed by atoms with Crippen molar-refractivity contribution in [2.75, 3.05) is 11.3 Å². The van der Waals surface area contributed by atoms with Crippen LogP contribution in [0.3, 0.4) is 0 Å². The van der Waals surface area contributed by atoms with Crippen LogP contribution in [0, 0.1) is 20.8 Å². The second kappa shape index (κ2) is 10.0. The second-order valence-corrected chi connectivity index (χ2v) is 10.1. The molecule has 1 aromatic heterocycles. The fourth-order valence-corrected chi connectivity index (χ4v) is 5.11. The SMILES string of the molecule is C=CCNC(=O)c1ccc(Sc2ccc(NS(=O)(=O)c3cc(C)c(C)cc3C)cc2)nc1. The quantitative estimate of drug-likeness (QED) is 0.461. The molecule has 0 fully saturated rings. The van der Waals surface area contributed by atoms with Gasteiger partial charge in [0.05, 0.1) is 10.5 Å². The fraction of sp³-hybridized carbons (Fsp3) is 0.167. The summed E-state index contributed by atoms with van der Waals surface area (Å²) in [6, 6.07) is 14.1. The highest BCUT2D eigenvalue weighted by Crippen LogP contribution is 2.28. The number of anilines is 1. The number of nitrogens with zero attached hydrogens (tertiary/aromatic N) is 1. The Hall–Kier alpha value is -3.10. The first kappa shape index (κ1) is 23.6. The predicted molar refractivity (Wildman–Crippen MR) is 129 cm³/mol. The molecule has 3 aromatic rings. The maximum absolute atomic E-state index is 12.9. The van der Waals surface area contributed by atoms with E-state index in [0.717, 1.165) is 21.0 Å². The van der Waals surface area contributed by atoms with Gasteiger partial charge in [0.1, 0.15) is 5.03 Å². The van der Waals surface area contributed by atoms with Crippen molar-refractivity contribution >= 4 is 33.4 Å². The maximum Gasteiger partial charge on any atom is 0.262 e. The smallest absolute Gasteiger partial charge is 0.262 e.